The summed E-state index contributed by atoms with van der Waals surface area (Å²) in [7, 11) is 0. The van der Waals surface area contributed by atoms with E-state index in [2.05, 4.69) is 34.5 Å². The van der Waals surface area contributed by atoms with Crippen molar-refractivity contribution in [1.82, 2.24) is 10.9 Å². The van der Waals surface area contributed by atoms with Gasteiger partial charge in [0.15, 0.2) is 0 Å². The molecule has 2 aromatic carbocycles. The largest absolute Gasteiger partial charge is 0.369 e. The molecule has 2 aliphatic heterocycles. The Labute approximate surface area is 132 Å². The van der Waals surface area contributed by atoms with Crippen LogP contribution in [0.25, 0.3) is 16.5 Å². The number of amides is 1. The molecule has 0 atom stereocenters. The van der Waals surface area contributed by atoms with E-state index in [4.69, 9.17) is 5.73 Å². The van der Waals surface area contributed by atoms with Gasteiger partial charge < -0.3 is 5.73 Å². The SMILES string of the molecule is NC(=O)Cc1c(C2=C3CSC=C3NN2)ccc2ccccc12. The number of nitrogens with one attached hydrogen (secondary N) is 2. The molecule has 4 N–H and O–H groups in total. The van der Waals surface area contributed by atoms with Crippen molar-refractivity contribution in [1.29, 1.82) is 0 Å². The number of thioether (sulfide) groups is 1. The van der Waals surface area contributed by atoms with Crippen molar-refractivity contribution in [2.75, 3.05) is 5.75 Å². The summed E-state index contributed by atoms with van der Waals surface area (Å²) in [5, 5.41) is 4.32. The van der Waals surface area contributed by atoms with Gasteiger partial charge in [0.1, 0.15) is 0 Å². The Morgan fingerprint density at radius 1 is 1.18 bits per heavy atom. The molecule has 0 aliphatic carbocycles. The maximum absolute atomic E-state index is 11.6. The van der Waals surface area contributed by atoms with E-state index in [9.17, 15) is 4.79 Å². The van der Waals surface area contributed by atoms with Gasteiger partial charge in [-0.3, -0.25) is 15.6 Å². The van der Waals surface area contributed by atoms with Gasteiger partial charge >= 0.3 is 0 Å². The van der Waals surface area contributed by atoms with E-state index in [1.807, 2.05) is 18.2 Å². The highest BCUT2D eigenvalue weighted by Crippen LogP contribution is 2.37. The molecule has 2 aliphatic rings. The number of carbonyl (C=O) groups excluding carboxylic acids is 1. The van der Waals surface area contributed by atoms with Crippen molar-refractivity contribution >= 4 is 34.1 Å². The molecule has 0 saturated heterocycles. The first-order valence-corrected chi connectivity index (χ1v) is 8.15. The zero-order valence-electron chi connectivity index (χ0n) is 11.8. The smallest absolute Gasteiger partial charge is 0.221 e. The van der Waals surface area contributed by atoms with Gasteiger partial charge in [0.2, 0.25) is 5.91 Å². The highest BCUT2D eigenvalue weighted by atomic mass is 32.2. The van der Waals surface area contributed by atoms with Crippen molar-refractivity contribution in [2.24, 2.45) is 5.73 Å². The predicted molar refractivity (Wildman–Crippen MR) is 90.6 cm³/mol. The molecular weight excluding hydrogens is 294 g/mol. The van der Waals surface area contributed by atoms with Crippen LogP contribution in [-0.4, -0.2) is 11.7 Å². The minimum absolute atomic E-state index is 0.237. The molecule has 0 aromatic heterocycles. The van der Waals surface area contributed by atoms with E-state index >= 15 is 0 Å². The fourth-order valence-corrected chi connectivity index (χ4v) is 3.96. The fourth-order valence-electron chi connectivity index (χ4n) is 3.04. The van der Waals surface area contributed by atoms with Gasteiger partial charge in [0, 0.05) is 16.9 Å². The van der Waals surface area contributed by atoms with Crippen molar-refractivity contribution in [3.63, 3.8) is 0 Å². The maximum Gasteiger partial charge on any atom is 0.221 e. The molecule has 22 heavy (non-hydrogen) atoms. The van der Waals surface area contributed by atoms with Crippen LogP contribution in [0.15, 0.2) is 53.1 Å². The zero-order valence-corrected chi connectivity index (χ0v) is 12.7. The fraction of sp³-hybridized carbons (Fsp3) is 0.118. The molecule has 0 unspecified atom stereocenters. The van der Waals surface area contributed by atoms with Crippen molar-refractivity contribution in [3.05, 3.63) is 64.2 Å². The molecule has 4 nitrogen and oxygen atoms in total. The number of nitrogens with two attached hydrogens (primary N) is 1. The number of carbonyl (C=O) groups is 1. The lowest BCUT2D eigenvalue weighted by Gasteiger charge is -2.14. The maximum atomic E-state index is 11.6. The van der Waals surface area contributed by atoms with Crippen LogP contribution in [0.3, 0.4) is 0 Å². The first kappa shape index (κ1) is 13.3. The van der Waals surface area contributed by atoms with Gasteiger partial charge in [-0.15, -0.1) is 11.8 Å². The summed E-state index contributed by atoms with van der Waals surface area (Å²) in [4.78, 5) is 11.6. The summed E-state index contributed by atoms with van der Waals surface area (Å²) in [5.74, 6) is 0.624. The molecule has 2 heterocycles. The standard InChI is InChI=1S/C17H15N3OS/c18-16(21)7-13-11-4-2-1-3-10(11)5-6-12(13)17-14-8-22-9-15(14)19-20-17/h1-6,9,19-20H,7-8H2,(H2,18,21). The molecule has 0 fully saturated rings. The van der Waals surface area contributed by atoms with Crippen LogP contribution in [0.4, 0.5) is 0 Å². The highest BCUT2D eigenvalue weighted by Gasteiger charge is 2.26. The van der Waals surface area contributed by atoms with Crippen LogP contribution in [0.2, 0.25) is 0 Å². The van der Waals surface area contributed by atoms with Crippen LogP contribution in [0, 0.1) is 0 Å². The Morgan fingerprint density at radius 3 is 2.91 bits per heavy atom. The van der Waals surface area contributed by atoms with Gasteiger partial charge in [0.05, 0.1) is 17.8 Å². The van der Waals surface area contributed by atoms with Crippen molar-refractivity contribution < 1.29 is 4.79 Å². The van der Waals surface area contributed by atoms with Crippen LogP contribution in [-0.2, 0) is 11.2 Å². The monoisotopic (exact) mass is 309 g/mol. The topological polar surface area (TPSA) is 67.2 Å². The lowest BCUT2D eigenvalue weighted by atomic mass is 9.93. The molecule has 0 spiro atoms. The van der Waals surface area contributed by atoms with E-state index in [0.29, 0.717) is 0 Å². The average Bonchev–Trinajstić information content (AvgIpc) is 3.11. The number of allylic oxidation sites excluding steroid dienone is 1. The second-order valence-electron chi connectivity index (χ2n) is 5.40. The van der Waals surface area contributed by atoms with Crippen LogP contribution < -0.4 is 16.6 Å². The normalized spacial score (nSPS) is 16.3. The van der Waals surface area contributed by atoms with E-state index in [1.165, 1.54) is 5.57 Å². The number of hydrazine groups is 1. The van der Waals surface area contributed by atoms with Gasteiger partial charge in [-0.1, -0.05) is 36.4 Å². The Morgan fingerprint density at radius 2 is 2.05 bits per heavy atom. The van der Waals surface area contributed by atoms with Crippen LogP contribution >= 0.6 is 11.8 Å². The first-order chi connectivity index (χ1) is 10.7. The molecule has 4 rings (SSSR count). The lowest BCUT2D eigenvalue weighted by Crippen LogP contribution is -2.23. The molecule has 5 heteroatoms. The van der Waals surface area contributed by atoms with Crippen molar-refractivity contribution in [2.45, 2.75) is 6.42 Å². The molecular formula is C17H15N3OS. The molecule has 1 amide bonds. The predicted octanol–water partition coefficient (Wildman–Crippen LogP) is 2.27. The minimum atomic E-state index is -0.314. The van der Waals surface area contributed by atoms with Crippen LogP contribution in [0.1, 0.15) is 11.1 Å². The Hall–Kier alpha value is -2.40. The summed E-state index contributed by atoms with van der Waals surface area (Å²) in [6, 6.07) is 12.3. The number of fused-ring (bicyclic) bond motifs is 2. The van der Waals surface area contributed by atoms with Crippen molar-refractivity contribution in [3.8, 4) is 0 Å². The molecule has 2 aromatic rings. The Bertz CT molecular complexity index is 854. The molecule has 0 bridgehead atoms. The van der Waals surface area contributed by atoms with Gasteiger partial charge in [-0.2, -0.15) is 0 Å². The second kappa shape index (κ2) is 5.10. The third kappa shape index (κ3) is 2.05. The molecule has 110 valence electrons. The number of hydrogen-bond donors (Lipinski definition) is 3. The molecule has 0 saturated carbocycles. The average molecular weight is 309 g/mol. The van der Waals surface area contributed by atoms with Crippen LogP contribution in [0.5, 0.6) is 0 Å². The number of rotatable bonds is 3. The third-order valence-corrected chi connectivity index (χ3v) is 4.90. The molecule has 0 radical (unpaired) electrons. The number of primary amides is 1. The number of hydrogen-bond acceptors (Lipinski definition) is 4. The summed E-state index contributed by atoms with van der Waals surface area (Å²) in [6.45, 7) is 0. The van der Waals surface area contributed by atoms with Gasteiger partial charge in [-0.05, 0) is 21.7 Å². The Kier molecular flexibility index (Phi) is 3.08. The number of benzene rings is 2. The van der Waals surface area contributed by atoms with E-state index in [-0.39, 0.29) is 12.3 Å². The summed E-state index contributed by atoms with van der Waals surface area (Å²) in [6.07, 6.45) is 0.237. The van der Waals surface area contributed by atoms with E-state index < -0.39 is 0 Å². The van der Waals surface area contributed by atoms with E-state index in [0.717, 1.165) is 39.0 Å². The summed E-state index contributed by atoms with van der Waals surface area (Å²) >= 11 is 1.77. The Balaban J connectivity index is 1.96. The summed E-state index contributed by atoms with van der Waals surface area (Å²) in [5.41, 5.74) is 17.4. The van der Waals surface area contributed by atoms with Gasteiger partial charge in [-0.25, -0.2) is 0 Å². The second-order valence-corrected chi connectivity index (χ2v) is 6.26. The minimum Gasteiger partial charge on any atom is -0.369 e. The first-order valence-electron chi connectivity index (χ1n) is 7.10. The van der Waals surface area contributed by atoms with E-state index in [1.54, 1.807) is 11.8 Å². The summed E-state index contributed by atoms with van der Waals surface area (Å²) < 4.78 is 0. The van der Waals surface area contributed by atoms with Gasteiger partial charge in [0.25, 0.3) is 0 Å². The lowest BCUT2D eigenvalue weighted by molar-refractivity contribution is -0.117. The highest BCUT2D eigenvalue weighted by molar-refractivity contribution is 8.02. The zero-order chi connectivity index (χ0) is 15.1. The third-order valence-electron chi connectivity index (χ3n) is 4.04. The quantitative estimate of drug-likeness (QED) is 0.814.